The van der Waals surface area contributed by atoms with Crippen molar-refractivity contribution in [3.63, 3.8) is 0 Å². The van der Waals surface area contributed by atoms with Gasteiger partial charge >= 0.3 is 0 Å². The topological polar surface area (TPSA) is 46.3 Å². The van der Waals surface area contributed by atoms with Gasteiger partial charge in [0.1, 0.15) is 5.82 Å². The molecule has 104 valence electrons. The predicted molar refractivity (Wildman–Crippen MR) is 72.8 cm³/mol. The molecule has 0 heterocycles. The van der Waals surface area contributed by atoms with Gasteiger partial charge in [-0.1, -0.05) is 12.1 Å². The van der Waals surface area contributed by atoms with Crippen LogP contribution in [0.3, 0.4) is 0 Å². The fourth-order valence-electron chi connectivity index (χ4n) is 2.62. The van der Waals surface area contributed by atoms with Gasteiger partial charge in [0, 0.05) is 25.6 Å². The van der Waals surface area contributed by atoms with Crippen molar-refractivity contribution in [3.05, 3.63) is 35.6 Å². The molecule has 1 saturated carbocycles. The number of hydrogen-bond acceptors (Lipinski definition) is 2. The van der Waals surface area contributed by atoms with E-state index in [0.717, 1.165) is 31.2 Å². The molecular weight excluding hydrogens is 243 g/mol. The lowest BCUT2D eigenvalue weighted by molar-refractivity contribution is -0.135. The molecule has 1 aromatic rings. The van der Waals surface area contributed by atoms with Crippen molar-refractivity contribution >= 4 is 5.91 Å². The first-order valence-corrected chi connectivity index (χ1v) is 6.81. The molecule has 1 aliphatic carbocycles. The van der Waals surface area contributed by atoms with Gasteiger partial charge in [-0.05, 0) is 43.4 Å². The molecule has 3 nitrogen and oxygen atoms in total. The summed E-state index contributed by atoms with van der Waals surface area (Å²) in [5, 5.41) is 0. The molecule has 19 heavy (non-hydrogen) atoms. The van der Waals surface area contributed by atoms with Crippen LogP contribution in [0.4, 0.5) is 4.39 Å². The summed E-state index contributed by atoms with van der Waals surface area (Å²) in [4.78, 5) is 14.0. The van der Waals surface area contributed by atoms with Gasteiger partial charge in [-0.15, -0.1) is 0 Å². The minimum Gasteiger partial charge on any atom is -0.341 e. The van der Waals surface area contributed by atoms with Crippen molar-refractivity contribution in [2.24, 2.45) is 11.7 Å². The molecule has 0 aromatic heterocycles. The first-order valence-electron chi connectivity index (χ1n) is 6.81. The number of carbonyl (C=O) groups is 1. The molecule has 0 bridgehead atoms. The highest BCUT2D eigenvalue weighted by Crippen LogP contribution is 2.25. The molecule has 0 atom stereocenters. The van der Waals surface area contributed by atoms with Crippen LogP contribution >= 0.6 is 0 Å². The van der Waals surface area contributed by atoms with E-state index in [0.29, 0.717) is 6.54 Å². The first kappa shape index (κ1) is 14.0. The number of hydrogen-bond donors (Lipinski definition) is 1. The highest BCUT2D eigenvalue weighted by molar-refractivity contribution is 5.78. The van der Waals surface area contributed by atoms with Crippen LogP contribution in [0.1, 0.15) is 31.2 Å². The highest BCUT2D eigenvalue weighted by Gasteiger charge is 2.26. The van der Waals surface area contributed by atoms with Gasteiger partial charge in [0.25, 0.3) is 0 Å². The fraction of sp³-hybridized carbons (Fsp3) is 0.533. The van der Waals surface area contributed by atoms with Gasteiger partial charge in [0.15, 0.2) is 0 Å². The summed E-state index contributed by atoms with van der Waals surface area (Å²) in [6.07, 6.45) is 3.63. The van der Waals surface area contributed by atoms with Gasteiger partial charge in [0.2, 0.25) is 5.91 Å². The van der Waals surface area contributed by atoms with Crippen molar-refractivity contribution in [2.45, 2.75) is 38.3 Å². The largest absolute Gasteiger partial charge is 0.341 e. The fourth-order valence-corrected chi connectivity index (χ4v) is 2.62. The number of amides is 1. The van der Waals surface area contributed by atoms with Gasteiger partial charge < -0.3 is 10.6 Å². The van der Waals surface area contributed by atoms with E-state index in [1.165, 1.54) is 12.1 Å². The van der Waals surface area contributed by atoms with E-state index >= 15 is 0 Å². The van der Waals surface area contributed by atoms with Gasteiger partial charge in [0.05, 0.1) is 0 Å². The summed E-state index contributed by atoms with van der Waals surface area (Å²) < 4.78 is 12.8. The number of nitrogens with two attached hydrogens (primary N) is 1. The van der Waals surface area contributed by atoms with Crippen molar-refractivity contribution in [2.75, 3.05) is 7.05 Å². The Morgan fingerprint density at radius 2 is 1.84 bits per heavy atom. The third kappa shape index (κ3) is 3.77. The Labute approximate surface area is 113 Å². The van der Waals surface area contributed by atoms with Crippen LogP contribution in [0.25, 0.3) is 0 Å². The molecule has 1 amide bonds. The summed E-state index contributed by atoms with van der Waals surface area (Å²) in [7, 11) is 1.81. The standard InChI is InChI=1S/C15H21FN2O/c1-18(10-11-2-6-13(16)7-3-11)15(19)12-4-8-14(17)9-5-12/h2-3,6-7,12,14H,4-5,8-10,17H2,1H3. The van der Waals surface area contributed by atoms with Crippen LogP contribution in [-0.4, -0.2) is 23.9 Å². The molecule has 0 radical (unpaired) electrons. The van der Waals surface area contributed by atoms with Crippen LogP contribution in [-0.2, 0) is 11.3 Å². The Bertz CT molecular complexity index is 424. The number of benzene rings is 1. The first-order chi connectivity index (χ1) is 9.06. The molecule has 0 saturated heterocycles. The van der Waals surface area contributed by atoms with Crippen molar-refractivity contribution < 1.29 is 9.18 Å². The minimum absolute atomic E-state index is 0.102. The van der Waals surface area contributed by atoms with Crippen LogP contribution in [0, 0.1) is 11.7 Å². The lowest BCUT2D eigenvalue weighted by Crippen LogP contribution is -2.37. The Hall–Kier alpha value is -1.42. The Morgan fingerprint density at radius 1 is 1.26 bits per heavy atom. The lowest BCUT2D eigenvalue weighted by atomic mass is 9.85. The van der Waals surface area contributed by atoms with Crippen molar-refractivity contribution in [1.29, 1.82) is 0 Å². The van der Waals surface area contributed by atoms with E-state index in [4.69, 9.17) is 5.73 Å². The van der Waals surface area contributed by atoms with Gasteiger partial charge in [-0.2, -0.15) is 0 Å². The smallest absolute Gasteiger partial charge is 0.225 e. The van der Waals surface area contributed by atoms with Gasteiger partial charge in [-0.25, -0.2) is 4.39 Å². The van der Waals surface area contributed by atoms with E-state index < -0.39 is 0 Å². The third-order valence-electron chi connectivity index (χ3n) is 3.83. The maximum Gasteiger partial charge on any atom is 0.225 e. The number of rotatable bonds is 3. The molecule has 0 aliphatic heterocycles. The van der Waals surface area contributed by atoms with Crippen LogP contribution < -0.4 is 5.73 Å². The number of nitrogens with zero attached hydrogens (tertiary/aromatic N) is 1. The third-order valence-corrected chi connectivity index (χ3v) is 3.83. The minimum atomic E-state index is -0.251. The maximum absolute atomic E-state index is 12.8. The van der Waals surface area contributed by atoms with Crippen LogP contribution in [0.2, 0.25) is 0 Å². The zero-order valence-electron chi connectivity index (χ0n) is 11.3. The van der Waals surface area contributed by atoms with Crippen molar-refractivity contribution in [1.82, 2.24) is 4.90 Å². The van der Waals surface area contributed by atoms with E-state index in [9.17, 15) is 9.18 Å². The molecule has 1 aliphatic rings. The van der Waals surface area contributed by atoms with Crippen LogP contribution in [0.15, 0.2) is 24.3 Å². The molecule has 0 unspecified atom stereocenters. The highest BCUT2D eigenvalue weighted by atomic mass is 19.1. The Balaban J connectivity index is 1.90. The molecule has 2 rings (SSSR count). The van der Waals surface area contributed by atoms with E-state index in [-0.39, 0.29) is 23.7 Å². The Morgan fingerprint density at radius 3 is 2.42 bits per heavy atom. The van der Waals surface area contributed by atoms with Crippen molar-refractivity contribution in [3.8, 4) is 0 Å². The SMILES string of the molecule is CN(Cc1ccc(F)cc1)C(=O)C1CCC(N)CC1. The molecule has 2 N–H and O–H groups in total. The molecule has 0 spiro atoms. The average molecular weight is 264 g/mol. The maximum atomic E-state index is 12.8. The lowest BCUT2D eigenvalue weighted by Gasteiger charge is -2.29. The summed E-state index contributed by atoms with van der Waals surface area (Å²) in [6.45, 7) is 0.529. The van der Waals surface area contributed by atoms with E-state index in [1.54, 1.807) is 24.1 Å². The molecule has 1 aromatic carbocycles. The van der Waals surface area contributed by atoms with Gasteiger partial charge in [-0.3, -0.25) is 4.79 Å². The summed E-state index contributed by atoms with van der Waals surface area (Å²) in [5.41, 5.74) is 6.80. The Kier molecular flexibility index (Phi) is 4.53. The normalized spacial score (nSPS) is 23.1. The summed E-state index contributed by atoms with van der Waals surface area (Å²) in [5.74, 6) is 0.0282. The molecular formula is C15H21FN2O. The monoisotopic (exact) mass is 264 g/mol. The number of carbonyl (C=O) groups excluding carboxylic acids is 1. The predicted octanol–water partition coefficient (Wildman–Crippen LogP) is 2.30. The summed E-state index contributed by atoms with van der Waals surface area (Å²) >= 11 is 0. The molecule has 4 heteroatoms. The second-order valence-electron chi connectivity index (χ2n) is 5.43. The molecule has 1 fully saturated rings. The second-order valence-corrected chi connectivity index (χ2v) is 5.43. The van der Waals surface area contributed by atoms with Crippen LogP contribution in [0.5, 0.6) is 0 Å². The zero-order valence-corrected chi connectivity index (χ0v) is 11.3. The number of halogens is 1. The van der Waals surface area contributed by atoms with E-state index in [2.05, 4.69) is 0 Å². The summed E-state index contributed by atoms with van der Waals surface area (Å²) in [6, 6.07) is 6.54. The van der Waals surface area contributed by atoms with E-state index in [1.807, 2.05) is 0 Å². The second kappa shape index (κ2) is 6.15. The zero-order chi connectivity index (χ0) is 13.8. The quantitative estimate of drug-likeness (QED) is 0.910. The average Bonchev–Trinajstić information content (AvgIpc) is 2.41.